The van der Waals surface area contributed by atoms with Crippen LogP contribution in [0.2, 0.25) is 0 Å². The summed E-state index contributed by atoms with van der Waals surface area (Å²) in [6.07, 6.45) is 4.61. The Morgan fingerprint density at radius 2 is 2.00 bits per heavy atom. The zero-order chi connectivity index (χ0) is 19.5. The maximum absolute atomic E-state index is 5.93. The van der Waals surface area contributed by atoms with E-state index in [9.17, 15) is 0 Å². The van der Waals surface area contributed by atoms with E-state index in [-0.39, 0.29) is 30.1 Å². The normalized spacial score (nSPS) is 11.9. The molecule has 0 saturated heterocycles. The molecule has 7 heteroatoms. The van der Waals surface area contributed by atoms with Crippen molar-refractivity contribution in [3.63, 3.8) is 0 Å². The molecular weight excluding hydrogens is 467 g/mol. The van der Waals surface area contributed by atoms with Gasteiger partial charge in [-0.2, -0.15) is 0 Å². The molecule has 1 aromatic heterocycles. The van der Waals surface area contributed by atoms with Gasteiger partial charge in [0.1, 0.15) is 17.6 Å². The van der Waals surface area contributed by atoms with Crippen LogP contribution < -0.4 is 20.1 Å². The van der Waals surface area contributed by atoms with Gasteiger partial charge in [-0.15, -0.1) is 24.0 Å². The molecule has 28 heavy (non-hydrogen) atoms. The number of hydrogen-bond acceptors (Lipinski definition) is 4. The van der Waals surface area contributed by atoms with E-state index >= 15 is 0 Å². The highest BCUT2D eigenvalue weighted by Crippen LogP contribution is 2.19. The number of benzene rings is 1. The van der Waals surface area contributed by atoms with E-state index < -0.39 is 0 Å². The summed E-state index contributed by atoms with van der Waals surface area (Å²) in [7, 11) is 1.65. The molecule has 1 aromatic carbocycles. The summed E-state index contributed by atoms with van der Waals surface area (Å²) in [6, 6.07) is 9.67. The molecule has 0 amide bonds. The summed E-state index contributed by atoms with van der Waals surface area (Å²) >= 11 is 0. The van der Waals surface area contributed by atoms with Gasteiger partial charge in [0.05, 0.1) is 13.7 Å². The first-order valence-electron chi connectivity index (χ1n) is 9.34. The van der Waals surface area contributed by atoms with Crippen LogP contribution in [0.15, 0.2) is 47.7 Å². The molecule has 2 aromatic rings. The highest BCUT2D eigenvalue weighted by atomic mass is 127. The molecule has 0 bridgehead atoms. The number of nitrogens with one attached hydrogen (secondary N) is 2. The minimum atomic E-state index is -0.0463. The third-order valence-electron chi connectivity index (χ3n) is 4.05. The van der Waals surface area contributed by atoms with E-state index in [2.05, 4.69) is 40.5 Å². The van der Waals surface area contributed by atoms with Gasteiger partial charge in [-0.1, -0.05) is 6.07 Å². The Morgan fingerprint density at radius 1 is 1.21 bits per heavy atom. The molecule has 2 N–H and O–H groups in total. The number of guanidine groups is 1. The number of halogens is 1. The number of hydrogen-bond donors (Lipinski definition) is 2. The number of nitrogens with zero attached hydrogens (tertiary/aromatic N) is 2. The monoisotopic (exact) mass is 498 g/mol. The van der Waals surface area contributed by atoms with Crippen molar-refractivity contribution in [1.29, 1.82) is 0 Å². The SMILES string of the molecule is CCNC(=NCC(C)Oc1cccc(OC)c1)NCCc1ccncc1C.I. The molecule has 0 fully saturated rings. The molecule has 0 aliphatic carbocycles. The number of ether oxygens (including phenoxy) is 2. The number of rotatable bonds is 9. The second-order valence-corrected chi connectivity index (χ2v) is 6.31. The highest BCUT2D eigenvalue weighted by Gasteiger charge is 2.06. The molecule has 0 aliphatic rings. The molecule has 0 saturated carbocycles. The summed E-state index contributed by atoms with van der Waals surface area (Å²) in [5, 5.41) is 6.65. The predicted molar refractivity (Wildman–Crippen MR) is 125 cm³/mol. The van der Waals surface area contributed by atoms with Crippen molar-refractivity contribution < 1.29 is 9.47 Å². The van der Waals surface area contributed by atoms with Crippen LogP contribution in [0.5, 0.6) is 11.5 Å². The minimum Gasteiger partial charge on any atom is -0.497 e. The molecule has 1 heterocycles. The Hall–Kier alpha value is -2.03. The standard InChI is InChI=1S/C21H30N4O2.HI/c1-5-23-21(24-12-10-18-9-11-22-14-16(18)2)25-15-17(3)27-20-8-6-7-19(13-20)26-4;/h6-9,11,13-14,17H,5,10,12,15H2,1-4H3,(H2,23,24,25);1H. The highest BCUT2D eigenvalue weighted by molar-refractivity contribution is 14.0. The first-order chi connectivity index (χ1) is 13.1. The summed E-state index contributed by atoms with van der Waals surface area (Å²) in [5.74, 6) is 2.36. The topological polar surface area (TPSA) is 67.8 Å². The Morgan fingerprint density at radius 3 is 2.71 bits per heavy atom. The lowest BCUT2D eigenvalue weighted by molar-refractivity contribution is 0.229. The van der Waals surface area contributed by atoms with Gasteiger partial charge in [-0.25, -0.2) is 4.99 Å². The van der Waals surface area contributed by atoms with Gasteiger partial charge in [-0.05, 0) is 56.5 Å². The van der Waals surface area contributed by atoms with Crippen LogP contribution in [0.25, 0.3) is 0 Å². The first-order valence-corrected chi connectivity index (χ1v) is 9.34. The fourth-order valence-electron chi connectivity index (χ4n) is 2.60. The van der Waals surface area contributed by atoms with Crippen LogP contribution in [-0.2, 0) is 6.42 Å². The van der Waals surface area contributed by atoms with E-state index in [0.717, 1.165) is 37.0 Å². The number of aryl methyl sites for hydroxylation is 1. The van der Waals surface area contributed by atoms with E-state index in [1.165, 1.54) is 11.1 Å². The fraction of sp³-hybridized carbons (Fsp3) is 0.429. The van der Waals surface area contributed by atoms with Crippen LogP contribution in [0.1, 0.15) is 25.0 Å². The van der Waals surface area contributed by atoms with Crippen molar-refractivity contribution in [2.24, 2.45) is 4.99 Å². The predicted octanol–water partition coefficient (Wildman–Crippen LogP) is 3.58. The van der Waals surface area contributed by atoms with Crippen LogP contribution in [0.3, 0.4) is 0 Å². The average molecular weight is 498 g/mol. The third-order valence-corrected chi connectivity index (χ3v) is 4.05. The van der Waals surface area contributed by atoms with E-state index in [1.54, 1.807) is 7.11 Å². The van der Waals surface area contributed by atoms with Crippen LogP contribution >= 0.6 is 24.0 Å². The van der Waals surface area contributed by atoms with Crippen molar-refractivity contribution in [2.75, 3.05) is 26.7 Å². The van der Waals surface area contributed by atoms with Gasteiger partial charge >= 0.3 is 0 Å². The second kappa shape index (κ2) is 13.2. The van der Waals surface area contributed by atoms with Crippen molar-refractivity contribution in [3.8, 4) is 11.5 Å². The molecule has 2 rings (SSSR count). The van der Waals surface area contributed by atoms with Crippen molar-refractivity contribution >= 4 is 29.9 Å². The quantitative estimate of drug-likeness (QED) is 0.314. The zero-order valence-electron chi connectivity index (χ0n) is 17.1. The first kappa shape index (κ1) is 24.0. The van der Waals surface area contributed by atoms with Gasteiger partial charge in [0, 0.05) is 31.5 Å². The Kier molecular flexibility index (Phi) is 11.3. The van der Waals surface area contributed by atoms with Gasteiger partial charge in [0.25, 0.3) is 0 Å². The van der Waals surface area contributed by atoms with Gasteiger partial charge in [0.2, 0.25) is 0 Å². The largest absolute Gasteiger partial charge is 0.497 e. The Labute approximate surface area is 185 Å². The number of methoxy groups -OCH3 is 1. The summed E-state index contributed by atoms with van der Waals surface area (Å²) < 4.78 is 11.1. The van der Waals surface area contributed by atoms with Crippen LogP contribution in [-0.4, -0.2) is 43.8 Å². The molecule has 1 atom stereocenters. The Bertz CT molecular complexity index is 740. The lowest BCUT2D eigenvalue weighted by Crippen LogP contribution is -2.39. The van der Waals surface area contributed by atoms with Gasteiger partial charge in [0.15, 0.2) is 5.96 Å². The lowest BCUT2D eigenvalue weighted by atomic mass is 10.1. The molecular formula is C21H31IN4O2. The maximum Gasteiger partial charge on any atom is 0.191 e. The van der Waals surface area contributed by atoms with Crippen molar-refractivity contribution in [2.45, 2.75) is 33.3 Å². The van der Waals surface area contributed by atoms with Gasteiger partial charge in [-0.3, -0.25) is 4.98 Å². The maximum atomic E-state index is 5.93. The van der Waals surface area contributed by atoms with Crippen LogP contribution in [0, 0.1) is 6.92 Å². The Balaban J connectivity index is 0.00000392. The van der Waals surface area contributed by atoms with Crippen molar-refractivity contribution in [1.82, 2.24) is 15.6 Å². The average Bonchev–Trinajstić information content (AvgIpc) is 2.67. The molecule has 154 valence electrons. The molecule has 0 radical (unpaired) electrons. The van der Waals surface area contributed by atoms with Gasteiger partial charge < -0.3 is 20.1 Å². The second-order valence-electron chi connectivity index (χ2n) is 6.31. The molecule has 0 aliphatic heterocycles. The lowest BCUT2D eigenvalue weighted by Gasteiger charge is -2.16. The molecule has 1 unspecified atom stereocenters. The summed E-state index contributed by atoms with van der Waals surface area (Å²) in [6.45, 7) is 8.32. The van der Waals surface area contributed by atoms with Crippen LogP contribution in [0.4, 0.5) is 0 Å². The number of pyridine rings is 1. The minimum absolute atomic E-state index is 0. The van der Waals surface area contributed by atoms with Crippen molar-refractivity contribution in [3.05, 3.63) is 53.9 Å². The smallest absolute Gasteiger partial charge is 0.191 e. The summed E-state index contributed by atoms with van der Waals surface area (Å²) in [4.78, 5) is 8.76. The summed E-state index contributed by atoms with van der Waals surface area (Å²) in [5.41, 5.74) is 2.50. The third kappa shape index (κ3) is 8.33. The van der Waals surface area contributed by atoms with E-state index in [1.807, 2.05) is 43.6 Å². The molecule has 0 spiro atoms. The fourth-order valence-corrected chi connectivity index (χ4v) is 2.60. The molecule has 6 nitrogen and oxygen atoms in total. The van der Waals surface area contributed by atoms with E-state index in [4.69, 9.17) is 9.47 Å². The zero-order valence-corrected chi connectivity index (χ0v) is 19.4. The number of aromatic nitrogens is 1. The van der Waals surface area contributed by atoms with E-state index in [0.29, 0.717) is 6.54 Å². The number of aliphatic imine (C=N–C) groups is 1.